The molecule has 0 saturated carbocycles. The summed E-state index contributed by atoms with van der Waals surface area (Å²) in [5.74, 6) is 0.304. The monoisotopic (exact) mass is 325 g/mol. The molecule has 1 amide bonds. The van der Waals surface area contributed by atoms with Gasteiger partial charge in [0.25, 0.3) is 0 Å². The van der Waals surface area contributed by atoms with Gasteiger partial charge in [0, 0.05) is 22.2 Å². The molecular weight excluding hydrogens is 306 g/mol. The third-order valence-electron chi connectivity index (χ3n) is 3.11. The summed E-state index contributed by atoms with van der Waals surface area (Å²) in [6.45, 7) is 3.72. The third-order valence-corrected chi connectivity index (χ3v) is 5.73. The van der Waals surface area contributed by atoms with Gasteiger partial charge in [-0.05, 0) is 31.5 Å². The molecular formula is C14H19N3O2S2. The van der Waals surface area contributed by atoms with Crippen LogP contribution in [-0.2, 0) is 15.6 Å². The van der Waals surface area contributed by atoms with Gasteiger partial charge >= 0.3 is 0 Å². The zero-order chi connectivity index (χ0) is 15.4. The molecule has 2 rings (SSSR count). The normalized spacial score (nSPS) is 14.0. The summed E-state index contributed by atoms with van der Waals surface area (Å²) in [5.41, 5.74) is 7.18. The van der Waals surface area contributed by atoms with Crippen molar-refractivity contribution in [2.75, 3.05) is 16.8 Å². The molecule has 0 radical (unpaired) electrons. The molecule has 2 aromatic rings. The van der Waals surface area contributed by atoms with Crippen molar-refractivity contribution >= 4 is 49.1 Å². The summed E-state index contributed by atoms with van der Waals surface area (Å²) in [6.07, 6.45) is 1.84. The number of aromatic nitrogens is 1. The summed E-state index contributed by atoms with van der Waals surface area (Å²) in [7, 11) is -1.15. The van der Waals surface area contributed by atoms with Crippen LogP contribution in [0.3, 0.4) is 0 Å². The molecule has 0 fully saturated rings. The topological polar surface area (TPSA) is 85.1 Å². The first-order valence-electron chi connectivity index (χ1n) is 6.85. The van der Waals surface area contributed by atoms with Gasteiger partial charge in [-0.1, -0.05) is 24.7 Å². The highest BCUT2D eigenvalue weighted by Gasteiger charge is 2.20. The number of nitrogen functional groups attached to an aromatic ring is 1. The molecule has 0 saturated heterocycles. The van der Waals surface area contributed by atoms with Gasteiger partial charge in [0.05, 0.1) is 10.2 Å². The standard InChI is InChI=1S/C14H19N3O2S2/c1-3-4-7-21(19)9(2)13(18)17-14-16-11-6-5-10(15)8-12(11)20-14/h5-6,8-9H,3-4,7,15H2,1-2H3,(H,16,17,18). The van der Waals surface area contributed by atoms with Crippen LogP contribution in [0.1, 0.15) is 26.7 Å². The van der Waals surface area contributed by atoms with Crippen molar-refractivity contribution < 1.29 is 9.00 Å². The molecule has 1 heterocycles. The highest BCUT2D eigenvalue weighted by atomic mass is 32.2. The predicted molar refractivity (Wildman–Crippen MR) is 90.0 cm³/mol. The van der Waals surface area contributed by atoms with E-state index in [0.717, 1.165) is 23.1 Å². The van der Waals surface area contributed by atoms with E-state index >= 15 is 0 Å². The van der Waals surface area contributed by atoms with Gasteiger partial charge in [0.15, 0.2) is 5.13 Å². The van der Waals surface area contributed by atoms with Crippen molar-refractivity contribution in [1.29, 1.82) is 0 Å². The first-order valence-corrected chi connectivity index (χ1v) is 9.05. The van der Waals surface area contributed by atoms with Crippen molar-refractivity contribution in [2.24, 2.45) is 0 Å². The summed E-state index contributed by atoms with van der Waals surface area (Å²) in [4.78, 5) is 16.4. The lowest BCUT2D eigenvalue weighted by Gasteiger charge is -2.10. The number of nitrogens with two attached hydrogens (primary N) is 1. The second-order valence-corrected chi connectivity index (χ2v) is 7.72. The van der Waals surface area contributed by atoms with Crippen LogP contribution >= 0.6 is 11.3 Å². The Morgan fingerprint density at radius 2 is 2.29 bits per heavy atom. The Bertz CT molecular complexity index is 669. The Labute approximate surface area is 130 Å². The van der Waals surface area contributed by atoms with E-state index in [1.165, 1.54) is 11.3 Å². The van der Waals surface area contributed by atoms with Gasteiger partial charge < -0.3 is 11.1 Å². The van der Waals surface area contributed by atoms with E-state index in [9.17, 15) is 9.00 Å². The van der Waals surface area contributed by atoms with Crippen LogP contribution in [0.2, 0.25) is 0 Å². The lowest BCUT2D eigenvalue weighted by molar-refractivity contribution is -0.115. The van der Waals surface area contributed by atoms with Crippen molar-refractivity contribution in [3.8, 4) is 0 Å². The average Bonchev–Trinajstić information content (AvgIpc) is 2.84. The number of amides is 1. The van der Waals surface area contributed by atoms with Gasteiger partial charge in [-0.25, -0.2) is 4.98 Å². The number of carbonyl (C=O) groups excluding carboxylic acids is 1. The van der Waals surface area contributed by atoms with Gasteiger partial charge in [0.2, 0.25) is 5.91 Å². The Kier molecular flexibility index (Phi) is 5.30. The number of anilines is 2. The van der Waals surface area contributed by atoms with E-state index in [-0.39, 0.29) is 5.91 Å². The Balaban J connectivity index is 2.05. The molecule has 2 atom stereocenters. The lowest BCUT2D eigenvalue weighted by Crippen LogP contribution is -2.30. The zero-order valence-corrected chi connectivity index (χ0v) is 13.7. The lowest BCUT2D eigenvalue weighted by atomic mass is 10.3. The fourth-order valence-corrected chi connectivity index (χ4v) is 3.93. The molecule has 0 aliphatic carbocycles. The largest absolute Gasteiger partial charge is 0.399 e. The number of unbranched alkanes of at least 4 members (excludes halogenated alkanes) is 1. The average molecular weight is 325 g/mol. The van der Waals surface area contributed by atoms with Crippen molar-refractivity contribution in [2.45, 2.75) is 31.9 Å². The minimum atomic E-state index is -1.15. The number of benzene rings is 1. The molecule has 114 valence electrons. The van der Waals surface area contributed by atoms with E-state index in [2.05, 4.69) is 10.3 Å². The first kappa shape index (κ1) is 15.9. The number of nitrogens with one attached hydrogen (secondary N) is 1. The summed E-state index contributed by atoms with van der Waals surface area (Å²) in [6, 6.07) is 5.42. The molecule has 1 aromatic heterocycles. The van der Waals surface area contributed by atoms with Crippen LogP contribution in [0.15, 0.2) is 18.2 Å². The van der Waals surface area contributed by atoms with Gasteiger partial charge in [0.1, 0.15) is 5.25 Å². The maximum Gasteiger partial charge on any atom is 0.241 e. The predicted octanol–water partition coefficient (Wildman–Crippen LogP) is 2.75. The molecule has 5 nitrogen and oxygen atoms in total. The third kappa shape index (κ3) is 4.01. The van der Waals surface area contributed by atoms with Gasteiger partial charge in [-0.3, -0.25) is 9.00 Å². The van der Waals surface area contributed by atoms with Crippen LogP contribution in [0.4, 0.5) is 10.8 Å². The number of carbonyl (C=O) groups is 1. The molecule has 3 N–H and O–H groups in total. The quantitative estimate of drug-likeness (QED) is 0.800. The molecule has 0 aliphatic heterocycles. The Hall–Kier alpha value is -1.47. The van der Waals surface area contributed by atoms with Crippen LogP contribution in [-0.4, -0.2) is 26.1 Å². The molecule has 0 aliphatic rings. The van der Waals surface area contributed by atoms with Crippen molar-refractivity contribution in [3.05, 3.63) is 18.2 Å². The molecule has 1 aromatic carbocycles. The molecule has 2 unspecified atom stereocenters. The summed E-state index contributed by atoms with van der Waals surface area (Å²) in [5, 5.41) is 2.72. The first-order chi connectivity index (χ1) is 10.0. The Morgan fingerprint density at radius 1 is 1.52 bits per heavy atom. The minimum absolute atomic E-state index is 0.253. The minimum Gasteiger partial charge on any atom is -0.399 e. The number of hydrogen-bond acceptors (Lipinski definition) is 5. The second-order valence-electron chi connectivity index (χ2n) is 4.82. The van der Waals surface area contributed by atoms with Crippen LogP contribution < -0.4 is 11.1 Å². The van der Waals surface area contributed by atoms with Gasteiger partial charge in [-0.2, -0.15) is 0 Å². The van der Waals surface area contributed by atoms with Crippen LogP contribution in [0, 0.1) is 0 Å². The van der Waals surface area contributed by atoms with E-state index in [1.54, 1.807) is 13.0 Å². The second kappa shape index (κ2) is 7.00. The molecule has 7 heteroatoms. The number of rotatable bonds is 6. The number of nitrogens with zero attached hydrogens (tertiary/aromatic N) is 1. The summed E-state index contributed by atoms with van der Waals surface area (Å²) < 4.78 is 12.9. The number of fused-ring (bicyclic) bond motifs is 1. The Morgan fingerprint density at radius 3 is 3.00 bits per heavy atom. The maximum atomic E-state index is 12.1. The summed E-state index contributed by atoms with van der Waals surface area (Å²) >= 11 is 1.36. The SMILES string of the molecule is CCCCS(=O)C(C)C(=O)Nc1nc2ccc(N)cc2s1. The fraction of sp³-hybridized carbons (Fsp3) is 0.429. The molecule has 21 heavy (non-hydrogen) atoms. The number of hydrogen-bond donors (Lipinski definition) is 2. The zero-order valence-electron chi connectivity index (χ0n) is 12.1. The van der Waals surface area contributed by atoms with Crippen molar-refractivity contribution in [3.63, 3.8) is 0 Å². The van der Waals surface area contributed by atoms with Crippen LogP contribution in [0.25, 0.3) is 10.2 Å². The molecule has 0 bridgehead atoms. The highest BCUT2D eigenvalue weighted by Crippen LogP contribution is 2.27. The smallest absolute Gasteiger partial charge is 0.241 e. The van der Waals surface area contributed by atoms with E-state index in [0.29, 0.717) is 16.6 Å². The van der Waals surface area contributed by atoms with Crippen molar-refractivity contribution in [1.82, 2.24) is 4.98 Å². The molecule has 0 spiro atoms. The fourth-order valence-electron chi connectivity index (χ4n) is 1.78. The maximum absolute atomic E-state index is 12.1. The van der Waals surface area contributed by atoms with Crippen LogP contribution in [0.5, 0.6) is 0 Å². The van der Waals surface area contributed by atoms with Gasteiger partial charge in [-0.15, -0.1) is 0 Å². The highest BCUT2D eigenvalue weighted by molar-refractivity contribution is 7.86. The van der Waals surface area contributed by atoms with E-state index in [1.807, 2.05) is 19.1 Å². The van der Waals surface area contributed by atoms with E-state index in [4.69, 9.17) is 5.73 Å². The van der Waals surface area contributed by atoms with E-state index < -0.39 is 16.0 Å². The number of thiazole rings is 1.